The van der Waals surface area contributed by atoms with E-state index in [-0.39, 0.29) is 24.0 Å². The van der Waals surface area contributed by atoms with Crippen molar-refractivity contribution >= 4 is 47.0 Å². The summed E-state index contributed by atoms with van der Waals surface area (Å²) in [4.78, 5) is 29.2. The van der Waals surface area contributed by atoms with Crippen molar-refractivity contribution in [1.29, 1.82) is 10.8 Å². The Morgan fingerprint density at radius 2 is 1.97 bits per heavy atom. The number of amidine groups is 2. The SMILES string of the molecule is CCNC(=O)C[C@@H]1N=C(c2ccc(Cl)cc2)c2cc(OCCCCNC=O)ccc2N(C(C)=N)C1=N. The van der Waals surface area contributed by atoms with Crippen LogP contribution in [-0.4, -0.2) is 55.4 Å². The van der Waals surface area contributed by atoms with E-state index in [9.17, 15) is 9.59 Å². The Morgan fingerprint density at radius 1 is 1.22 bits per heavy atom. The molecule has 2 amide bonds. The van der Waals surface area contributed by atoms with Crippen LogP contribution < -0.4 is 20.3 Å². The Hall–Kier alpha value is -3.72. The van der Waals surface area contributed by atoms with Crippen molar-refractivity contribution in [3.8, 4) is 5.75 Å². The van der Waals surface area contributed by atoms with Crippen molar-refractivity contribution in [3.05, 3.63) is 58.6 Å². The van der Waals surface area contributed by atoms with Gasteiger partial charge in [-0.1, -0.05) is 23.7 Å². The second kappa shape index (κ2) is 12.8. The number of benzodiazepines with no additional fused rings is 1. The number of hydrogen-bond acceptors (Lipinski definition) is 6. The number of aliphatic imine (C=N–C) groups is 1. The summed E-state index contributed by atoms with van der Waals surface area (Å²) in [5.41, 5.74) is 2.66. The van der Waals surface area contributed by atoms with Crippen LogP contribution in [0.15, 0.2) is 47.5 Å². The molecule has 1 aliphatic rings. The summed E-state index contributed by atoms with van der Waals surface area (Å²) in [6, 6.07) is 11.9. The number of fused-ring (bicyclic) bond motifs is 1. The van der Waals surface area contributed by atoms with Crippen LogP contribution in [0.4, 0.5) is 5.69 Å². The molecular formula is C26H31ClN6O3. The van der Waals surface area contributed by atoms with Crippen molar-refractivity contribution in [1.82, 2.24) is 10.6 Å². The molecule has 1 atom stereocenters. The first kappa shape index (κ1) is 26.9. The first-order chi connectivity index (χ1) is 17.3. The molecule has 1 heterocycles. The lowest BCUT2D eigenvalue weighted by Crippen LogP contribution is -2.42. The highest BCUT2D eigenvalue weighted by Gasteiger charge is 2.32. The van der Waals surface area contributed by atoms with Gasteiger partial charge >= 0.3 is 0 Å². The summed E-state index contributed by atoms with van der Waals surface area (Å²) in [7, 11) is 0. The molecule has 0 saturated heterocycles. The Balaban J connectivity index is 2.04. The van der Waals surface area contributed by atoms with E-state index in [4.69, 9.17) is 32.1 Å². The molecule has 190 valence electrons. The minimum absolute atomic E-state index is 0.0142. The molecule has 0 bridgehead atoms. The summed E-state index contributed by atoms with van der Waals surface area (Å²) in [5, 5.41) is 23.3. The number of hydrogen-bond donors (Lipinski definition) is 4. The molecule has 2 aromatic rings. The third-order valence-electron chi connectivity index (χ3n) is 5.58. The quantitative estimate of drug-likeness (QED) is 0.158. The molecule has 2 aromatic carbocycles. The summed E-state index contributed by atoms with van der Waals surface area (Å²) < 4.78 is 5.96. The molecule has 0 aromatic heterocycles. The fourth-order valence-electron chi connectivity index (χ4n) is 3.92. The molecule has 3 rings (SSSR count). The minimum atomic E-state index is -0.787. The number of carbonyl (C=O) groups excluding carboxylic acids is 2. The number of carbonyl (C=O) groups is 2. The highest BCUT2D eigenvalue weighted by molar-refractivity contribution is 6.31. The molecule has 9 nitrogen and oxygen atoms in total. The molecule has 0 fully saturated rings. The lowest BCUT2D eigenvalue weighted by Gasteiger charge is -2.26. The molecule has 10 heteroatoms. The van der Waals surface area contributed by atoms with Crippen LogP contribution in [0.5, 0.6) is 5.75 Å². The normalized spacial score (nSPS) is 14.9. The van der Waals surface area contributed by atoms with E-state index in [1.165, 1.54) is 4.90 Å². The summed E-state index contributed by atoms with van der Waals surface area (Å²) >= 11 is 6.12. The Morgan fingerprint density at radius 3 is 2.64 bits per heavy atom. The standard InChI is InChI=1S/C26H31ClN6O3/c1-3-31-24(35)15-22-26(29)33(17(2)28)23-11-10-20(36-13-5-4-12-30-16-34)14-21(23)25(32-22)18-6-8-19(27)9-7-18/h6-11,14,16,22,28-29H,3-5,12-13,15H2,1-2H3,(H,30,34)(H,31,35)/t22-/m0/s1. The predicted molar refractivity (Wildman–Crippen MR) is 143 cm³/mol. The van der Waals surface area contributed by atoms with Crippen LogP contribution >= 0.6 is 11.6 Å². The van der Waals surface area contributed by atoms with Crippen molar-refractivity contribution in [2.75, 3.05) is 24.6 Å². The maximum Gasteiger partial charge on any atom is 0.222 e. The number of nitrogens with one attached hydrogen (secondary N) is 4. The molecule has 0 aliphatic carbocycles. The van der Waals surface area contributed by atoms with Gasteiger partial charge < -0.3 is 15.4 Å². The van der Waals surface area contributed by atoms with Gasteiger partial charge in [0.25, 0.3) is 0 Å². The minimum Gasteiger partial charge on any atom is -0.494 e. The predicted octanol–water partition coefficient (Wildman–Crippen LogP) is 3.77. The van der Waals surface area contributed by atoms with E-state index in [2.05, 4.69) is 10.6 Å². The zero-order valence-corrected chi connectivity index (χ0v) is 21.2. The van der Waals surface area contributed by atoms with E-state index in [1.54, 1.807) is 25.1 Å². The second-order valence-electron chi connectivity index (χ2n) is 8.27. The lowest BCUT2D eigenvalue weighted by molar-refractivity contribution is -0.121. The van der Waals surface area contributed by atoms with Gasteiger partial charge in [-0.25, -0.2) is 0 Å². The first-order valence-corrected chi connectivity index (χ1v) is 12.2. The van der Waals surface area contributed by atoms with E-state index in [1.807, 2.05) is 31.2 Å². The smallest absolute Gasteiger partial charge is 0.222 e. The van der Waals surface area contributed by atoms with Gasteiger partial charge in [0.2, 0.25) is 12.3 Å². The van der Waals surface area contributed by atoms with Gasteiger partial charge in [0.15, 0.2) is 0 Å². The first-order valence-electron chi connectivity index (χ1n) is 11.8. The Bertz CT molecular complexity index is 1150. The Kier molecular flexibility index (Phi) is 9.58. The molecular weight excluding hydrogens is 480 g/mol. The van der Waals surface area contributed by atoms with Crippen LogP contribution in [-0.2, 0) is 9.59 Å². The van der Waals surface area contributed by atoms with Gasteiger partial charge in [-0.3, -0.25) is 30.3 Å². The fraction of sp³-hybridized carbons (Fsp3) is 0.346. The number of benzene rings is 2. The molecule has 4 N–H and O–H groups in total. The highest BCUT2D eigenvalue weighted by atomic mass is 35.5. The van der Waals surface area contributed by atoms with Gasteiger partial charge in [-0.05, 0) is 57.0 Å². The molecule has 0 radical (unpaired) electrons. The van der Waals surface area contributed by atoms with Crippen LogP contribution in [0, 0.1) is 10.8 Å². The number of halogens is 1. The van der Waals surface area contributed by atoms with Gasteiger partial charge in [0, 0.05) is 29.2 Å². The van der Waals surface area contributed by atoms with E-state index < -0.39 is 6.04 Å². The van der Waals surface area contributed by atoms with Crippen molar-refractivity contribution in [3.63, 3.8) is 0 Å². The number of rotatable bonds is 11. The largest absolute Gasteiger partial charge is 0.494 e. The average Bonchev–Trinajstić information content (AvgIpc) is 2.96. The molecule has 0 unspecified atom stereocenters. The summed E-state index contributed by atoms with van der Waals surface area (Å²) in [6.45, 7) is 4.98. The monoisotopic (exact) mass is 510 g/mol. The van der Waals surface area contributed by atoms with Crippen LogP contribution in [0.2, 0.25) is 5.02 Å². The van der Waals surface area contributed by atoms with Crippen molar-refractivity contribution in [2.24, 2.45) is 4.99 Å². The van der Waals surface area contributed by atoms with E-state index in [0.29, 0.717) is 53.8 Å². The number of nitrogens with zero attached hydrogens (tertiary/aromatic N) is 2. The summed E-state index contributed by atoms with van der Waals surface area (Å²) in [6.07, 6.45) is 2.22. The van der Waals surface area contributed by atoms with Gasteiger partial charge in [-0.15, -0.1) is 0 Å². The molecule has 1 aliphatic heterocycles. The summed E-state index contributed by atoms with van der Waals surface area (Å²) in [5.74, 6) is 0.601. The van der Waals surface area contributed by atoms with Gasteiger partial charge in [-0.2, -0.15) is 0 Å². The lowest BCUT2D eigenvalue weighted by atomic mass is 9.99. The van der Waals surface area contributed by atoms with E-state index >= 15 is 0 Å². The fourth-order valence-corrected chi connectivity index (χ4v) is 4.05. The maximum atomic E-state index is 12.5. The average molecular weight is 511 g/mol. The third-order valence-corrected chi connectivity index (χ3v) is 5.83. The number of unbranched alkanes of at least 4 members (excludes halogenated alkanes) is 1. The number of anilines is 1. The second-order valence-corrected chi connectivity index (χ2v) is 8.71. The Labute approximate surface area is 215 Å². The van der Waals surface area contributed by atoms with E-state index in [0.717, 1.165) is 18.4 Å². The third kappa shape index (κ3) is 6.69. The highest BCUT2D eigenvalue weighted by Crippen LogP contribution is 2.33. The molecule has 36 heavy (non-hydrogen) atoms. The zero-order chi connectivity index (χ0) is 26.1. The van der Waals surface area contributed by atoms with Crippen LogP contribution in [0.3, 0.4) is 0 Å². The number of amides is 2. The van der Waals surface area contributed by atoms with Crippen LogP contribution in [0.25, 0.3) is 0 Å². The van der Waals surface area contributed by atoms with Gasteiger partial charge in [0.05, 0.1) is 24.4 Å². The zero-order valence-electron chi connectivity index (χ0n) is 20.4. The number of ether oxygens (including phenoxy) is 1. The topological polar surface area (TPSA) is 131 Å². The maximum absolute atomic E-state index is 12.5. The van der Waals surface area contributed by atoms with Crippen molar-refractivity contribution < 1.29 is 14.3 Å². The van der Waals surface area contributed by atoms with Gasteiger partial charge in [0.1, 0.15) is 23.5 Å². The van der Waals surface area contributed by atoms with Crippen molar-refractivity contribution in [2.45, 2.75) is 39.2 Å². The molecule has 0 saturated carbocycles. The van der Waals surface area contributed by atoms with Crippen LogP contribution in [0.1, 0.15) is 44.2 Å². The molecule has 0 spiro atoms.